The molecule has 0 atom stereocenters. The van der Waals surface area contributed by atoms with Crippen molar-refractivity contribution in [3.05, 3.63) is 45.2 Å². The van der Waals surface area contributed by atoms with Gasteiger partial charge in [-0.2, -0.15) is 0 Å². The lowest BCUT2D eigenvalue weighted by molar-refractivity contribution is -0.117. The molecule has 0 saturated carbocycles. The number of anilines is 1. The number of carbonyl (C=O) groups excluding carboxylic acids is 1. The Hall–Kier alpha value is -1.43. The van der Waals surface area contributed by atoms with E-state index in [4.69, 9.17) is 11.6 Å². The van der Waals surface area contributed by atoms with Crippen LogP contribution in [0.15, 0.2) is 30.5 Å². The van der Waals surface area contributed by atoms with Crippen molar-refractivity contribution < 1.29 is 4.79 Å². The summed E-state index contributed by atoms with van der Waals surface area (Å²) in [5.74, 6) is 0.500. The summed E-state index contributed by atoms with van der Waals surface area (Å²) in [5.41, 5.74) is 1.06. The fourth-order valence-electron chi connectivity index (χ4n) is 1.73. The van der Waals surface area contributed by atoms with Gasteiger partial charge in [-0.25, -0.2) is 4.98 Å². The van der Waals surface area contributed by atoms with Crippen molar-refractivity contribution in [1.82, 2.24) is 9.88 Å². The van der Waals surface area contributed by atoms with E-state index in [9.17, 15) is 4.79 Å². The van der Waals surface area contributed by atoms with E-state index in [1.807, 2.05) is 37.1 Å². The number of aryl methyl sites for hydroxylation is 1. The Morgan fingerprint density at radius 2 is 2.20 bits per heavy atom. The molecule has 2 aromatic rings. The lowest BCUT2D eigenvalue weighted by Crippen LogP contribution is -2.29. The molecule has 0 aromatic carbocycles. The summed E-state index contributed by atoms with van der Waals surface area (Å²) in [7, 11) is 1.90. The fourth-order valence-corrected chi connectivity index (χ4v) is 2.90. The van der Waals surface area contributed by atoms with Crippen LogP contribution in [0.1, 0.15) is 10.4 Å². The van der Waals surface area contributed by atoms with E-state index < -0.39 is 0 Å². The minimum Gasteiger partial charge on any atom is -0.310 e. The van der Waals surface area contributed by atoms with Crippen LogP contribution < -0.4 is 5.32 Å². The van der Waals surface area contributed by atoms with Gasteiger partial charge >= 0.3 is 0 Å². The molecular weight excluding hydrogens is 294 g/mol. The van der Waals surface area contributed by atoms with E-state index in [2.05, 4.69) is 10.3 Å². The number of nitrogens with zero attached hydrogens (tertiary/aromatic N) is 2. The molecule has 0 saturated heterocycles. The van der Waals surface area contributed by atoms with Gasteiger partial charge in [-0.05, 0) is 37.7 Å². The van der Waals surface area contributed by atoms with Crippen LogP contribution in [0, 0.1) is 6.92 Å². The van der Waals surface area contributed by atoms with Gasteiger partial charge in [0.15, 0.2) is 0 Å². The van der Waals surface area contributed by atoms with Crippen LogP contribution in [-0.2, 0) is 11.3 Å². The van der Waals surface area contributed by atoms with Crippen molar-refractivity contribution >= 4 is 34.7 Å². The number of halogens is 1. The van der Waals surface area contributed by atoms with Crippen LogP contribution in [0.2, 0.25) is 4.34 Å². The van der Waals surface area contributed by atoms with Crippen molar-refractivity contribution in [3.63, 3.8) is 0 Å². The third-order valence-corrected chi connectivity index (χ3v) is 3.86. The number of pyridine rings is 1. The lowest BCUT2D eigenvalue weighted by Gasteiger charge is -2.15. The molecule has 2 heterocycles. The van der Waals surface area contributed by atoms with Crippen molar-refractivity contribution in [2.75, 3.05) is 18.9 Å². The number of thiophene rings is 1. The number of aromatic nitrogens is 1. The molecule has 0 aliphatic carbocycles. The third kappa shape index (κ3) is 4.59. The molecule has 0 aliphatic heterocycles. The van der Waals surface area contributed by atoms with E-state index in [-0.39, 0.29) is 5.91 Å². The van der Waals surface area contributed by atoms with Crippen LogP contribution in [-0.4, -0.2) is 29.4 Å². The smallest absolute Gasteiger partial charge is 0.239 e. The van der Waals surface area contributed by atoms with Gasteiger partial charge in [0, 0.05) is 17.6 Å². The number of carbonyl (C=O) groups is 1. The largest absolute Gasteiger partial charge is 0.310 e. The maximum Gasteiger partial charge on any atom is 0.239 e. The summed E-state index contributed by atoms with van der Waals surface area (Å²) in [6.07, 6.45) is 1.73. The Kier molecular flexibility index (Phi) is 5.11. The molecule has 20 heavy (non-hydrogen) atoms. The van der Waals surface area contributed by atoms with Crippen molar-refractivity contribution in [3.8, 4) is 0 Å². The van der Waals surface area contributed by atoms with E-state index in [1.54, 1.807) is 12.3 Å². The summed E-state index contributed by atoms with van der Waals surface area (Å²) in [4.78, 5) is 19.1. The van der Waals surface area contributed by atoms with E-state index in [0.717, 1.165) is 14.8 Å². The molecule has 0 radical (unpaired) electrons. The molecule has 0 spiro atoms. The molecule has 0 fully saturated rings. The first kappa shape index (κ1) is 15.0. The second-order valence-electron chi connectivity index (χ2n) is 4.65. The summed E-state index contributed by atoms with van der Waals surface area (Å²) < 4.78 is 0.765. The summed E-state index contributed by atoms with van der Waals surface area (Å²) in [5, 5.41) is 2.78. The summed E-state index contributed by atoms with van der Waals surface area (Å²) >= 11 is 7.41. The van der Waals surface area contributed by atoms with Crippen LogP contribution >= 0.6 is 22.9 Å². The Morgan fingerprint density at radius 3 is 2.80 bits per heavy atom. The molecule has 0 unspecified atom stereocenters. The van der Waals surface area contributed by atoms with Crippen molar-refractivity contribution in [2.24, 2.45) is 0 Å². The summed E-state index contributed by atoms with van der Waals surface area (Å²) in [6.45, 7) is 2.97. The number of likely N-dealkylation sites (N-methyl/N-ethyl adjacent to an activating group) is 1. The van der Waals surface area contributed by atoms with Gasteiger partial charge in [0.05, 0.1) is 10.9 Å². The molecule has 106 valence electrons. The van der Waals surface area contributed by atoms with Gasteiger partial charge in [-0.15, -0.1) is 11.3 Å². The monoisotopic (exact) mass is 309 g/mol. The second-order valence-corrected chi connectivity index (χ2v) is 6.45. The van der Waals surface area contributed by atoms with Crippen LogP contribution in [0.5, 0.6) is 0 Å². The van der Waals surface area contributed by atoms with E-state index in [1.165, 1.54) is 11.3 Å². The maximum absolute atomic E-state index is 11.9. The Balaban J connectivity index is 1.83. The molecule has 2 rings (SSSR count). The van der Waals surface area contributed by atoms with Crippen molar-refractivity contribution in [1.29, 1.82) is 0 Å². The number of rotatable bonds is 5. The average molecular weight is 310 g/mol. The van der Waals surface area contributed by atoms with Gasteiger partial charge in [0.25, 0.3) is 0 Å². The average Bonchev–Trinajstić information content (AvgIpc) is 2.77. The number of hydrogen-bond donors (Lipinski definition) is 1. The number of nitrogens with one attached hydrogen (secondary N) is 1. The second kappa shape index (κ2) is 6.83. The minimum absolute atomic E-state index is 0.0773. The standard InChI is InChI=1S/C14H16ClN3OS/c1-10-3-6-13(16-7-10)17-14(19)9-18(2)8-11-4-5-12(15)20-11/h3-7H,8-9H2,1-2H3,(H,16,17,19). The molecule has 0 bridgehead atoms. The SMILES string of the molecule is Cc1ccc(NC(=O)CN(C)Cc2ccc(Cl)s2)nc1. The van der Waals surface area contributed by atoms with E-state index in [0.29, 0.717) is 18.9 Å². The van der Waals surface area contributed by atoms with Gasteiger partial charge in [0.2, 0.25) is 5.91 Å². The number of amides is 1. The summed E-state index contributed by atoms with van der Waals surface area (Å²) in [6, 6.07) is 7.56. The predicted molar refractivity (Wildman–Crippen MR) is 83.3 cm³/mol. The van der Waals surface area contributed by atoms with E-state index >= 15 is 0 Å². The molecule has 1 amide bonds. The normalized spacial score (nSPS) is 10.8. The zero-order chi connectivity index (χ0) is 14.5. The molecule has 1 N–H and O–H groups in total. The van der Waals surface area contributed by atoms with Crippen LogP contribution in [0.4, 0.5) is 5.82 Å². The third-order valence-electron chi connectivity index (χ3n) is 2.65. The molecule has 6 heteroatoms. The first-order valence-corrected chi connectivity index (χ1v) is 7.37. The zero-order valence-corrected chi connectivity index (χ0v) is 13.0. The zero-order valence-electron chi connectivity index (χ0n) is 11.4. The molecule has 2 aromatic heterocycles. The van der Waals surface area contributed by atoms with Crippen LogP contribution in [0.3, 0.4) is 0 Å². The number of hydrogen-bond acceptors (Lipinski definition) is 4. The maximum atomic E-state index is 11.9. The topological polar surface area (TPSA) is 45.2 Å². The first-order chi connectivity index (χ1) is 9.52. The Bertz CT molecular complexity index is 582. The van der Waals surface area contributed by atoms with Gasteiger partial charge in [0.1, 0.15) is 5.82 Å². The Labute approximate surface area is 127 Å². The molecule has 4 nitrogen and oxygen atoms in total. The molecular formula is C14H16ClN3OS. The quantitative estimate of drug-likeness (QED) is 0.922. The van der Waals surface area contributed by atoms with Crippen LogP contribution in [0.25, 0.3) is 0 Å². The predicted octanol–water partition coefficient (Wildman–Crippen LogP) is 3.18. The minimum atomic E-state index is -0.0773. The first-order valence-electron chi connectivity index (χ1n) is 6.18. The van der Waals surface area contributed by atoms with Gasteiger partial charge in [-0.3, -0.25) is 9.69 Å². The van der Waals surface area contributed by atoms with Crippen molar-refractivity contribution in [2.45, 2.75) is 13.5 Å². The lowest BCUT2D eigenvalue weighted by atomic mass is 10.3. The highest BCUT2D eigenvalue weighted by molar-refractivity contribution is 7.16. The fraction of sp³-hybridized carbons (Fsp3) is 0.286. The highest BCUT2D eigenvalue weighted by Gasteiger charge is 2.09. The van der Waals surface area contributed by atoms with Gasteiger partial charge < -0.3 is 5.32 Å². The Morgan fingerprint density at radius 1 is 1.40 bits per heavy atom. The van der Waals surface area contributed by atoms with Gasteiger partial charge in [-0.1, -0.05) is 17.7 Å². The highest BCUT2D eigenvalue weighted by Crippen LogP contribution is 2.22. The molecule has 0 aliphatic rings. The highest BCUT2D eigenvalue weighted by atomic mass is 35.5.